The number of benzene rings is 2. The minimum atomic E-state index is -0.498. The van der Waals surface area contributed by atoms with Crippen LogP contribution in [0.5, 0.6) is 5.75 Å². The highest BCUT2D eigenvalue weighted by Gasteiger charge is 2.19. The molecule has 1 unspecified atom stereocenters. The zero-order valence-electron chi connectivity index (χ0n) is 16.4. The smallest absolute Gasteiger partial charge is 0.123 e. The highest BCUT2D eigenvalue weighted by molar-refractivity contribution is 5.33. The van der Waals surface area contributed by atoms with E-state index in [-0.39, 0.29) is 0 Å². The molecule has 1 atom stereocenters. The molecule has 5 nitrogen and oxygen atoms in total. The van der Waals surface area contributed by atoms with Crippen LogP contribution in [0.4, 0.5) is 0 Å². The van der Waals surface area contributed by atoms with E-state index in [1.54, 1.807) is 0 Å². The molecular formula is C23H30N2O3. The highest BCUT2D eigenvalue weighted by Crippen LogP contribution is 2.22. The number of β-amino-alcohol motifs (C(OH)–C–C–N with tert-alkyl or cyclic N) is 1. The lowest BCUT2D eigenvalue weighted by Gasteiger charge is -2.30. The van der Waals surface area contributed by atoms with Gasteiger partial charge in [-0.15, -0.1) is 0 Å². The van der Waals surface area contributed by atoms with Gasteiger partial charge in [0.25, 0.3) is 0 Å². The van der Waals surface area contributed by atoms with E-state index in [2.05, 4.69) is 40.1 Å². The number of hydrogen-bond donors (Lipinski definition) is 1. The van der Waals surface area contributed by atoms with Gasteiger partial charge < -0.3 is 14.6 Å². The number of fused-ring (bicyclic) bond motifs is 1. The van der Waals surface area contributed by atoms with E-state index in [1.165, 1.54) is 16.7 Å². The Morgan fingerprint density at radius 2 is 1.68 bits per heavy atom. The monoisotopic (exact) mass is 382 g/mol. The molecular weight excluding hydrogens is 352 g/mol. The maximum absolute atomic E-state index is 10.5. The van der Waals surface area contributed by atoms with Crippen LogP contribution < -0.4 is 4.74 Å². The molecule has 2 aliphatic heterocycles. The average Bonchev–Trinajstić information content (AvgIpc) is 2.74. The van der Waals surface area contributed by atoms with Crippen LogP contribution in [0.2, 0.25) is 0 Å². The van der Waals surface area contributed by atoms with E-state index < -0.39 is 6.10 Å². The van der Waals surface area contributed by atoms with Crippen molar-refractivity contribution in [2.75, 3.05) is 46.0 Å². The molecule has 5 heteroatoms. The summed E-state index contributed by atoms with van der Waals surface area (Å²) in [7, 11) is 0. The predicted molar refractivity (Wildman–Crippen MR) is 109 cm³/mol. The van der Waals surface area contributed by atoms with E-state index in [4.69, 9.17) is 9.47 Å². The van der Waals surface area contributed by atoms with Crippen molar-refractivity contribution in [1.29, 1.82) is 0 Å². The molecule has 0 bridgehead atoms. The Bertz CT molecular complexity index is 761. The summed E-state index contributed by atoms with van der Waals surface area (Å²) in [5, 5.41) is 10.5. The van der Waals surface area contributed by atoms with Crippen LogP contribution in [0.25, 0.3) is 0 Å². The van der Waals surface area contributed by atoms with Crippen molar-refractivity contribution in [1.82, 2.24) is 9.80 Å². The van der Waals surface area contributed by atoms with Crippen LogP contribution in [0.15, 0.2) is 48.5 Å². The first-order chi connectivity index (χ1) is 13.8. The average molecular weight is 383 g/mol. The van der Waals surface area contributed by atoms with Gasteiger partial charge in [0.1, 0.15) is 18.5 Å². The van der Waals surface area contributed by atoms with Crippen molar-refractivity contribution in [3.63, 3.8) is 0 Å². The minimum absolute atomic E-state index is 0.318. The highest BCUT2D eigenvalue weighted by atomic mass is 16.5. The third-order valence-corrected chi connectivity index (χ3v) is 5.58. The summed E-state index contributed by atoms with van der Waals surface area (Å²) in [6, 6.07) is 16.7. The fraction of sp³-hybridized carbons (Fsp3) is 0.478. The number of hydrogen-bond acceptors (Lipinski definition) is 5. The number of rotatable bonds is 7. The quantitative estimate of drug-likeness (QED) is 0.796. The van der Waals surface area contributed by atoms with Crippen molar-refractivity contribution < 1.29 is 14.6 Å². The summed E-state index contributed by atoms with van der Waals surface area (Å²) >= 11 is 0. The fourth-order valence-corrected chi connectivity index (χ4v) is 4.02. The second kappa shape index (κ2) is 9.52. The zero-order chi connectivity index (χ0) is 19.2. The van der Waals surface area contributed by atoms with Gasteiger partial charge >= 0.3 is 0 Å². The second-order valence-electron chi connectivity index (χ2n) is 7.71. The van der Waals surface area contributed by atoms with E-state index in [0.717, 1.165) is 58.1 Å². The van der Waals surface area contributed by atoms with Gasteiger partial charge in [-0.1, -0.05) is 42.5 Å². The topological polar surface area (TPSA) is 45.2 Å². The first-order valence-corrected chi connectivity index (χ1v) is 10.3. The fourth-order valence-electron chi connectivity index (χ4n) is 4.02. The van der Waals surface area contributed by atoms with Crippen molar-refractivity contribution in [2.24, 2.45) is 0 Å². The van der Waals surface area contributed by atoms with Crippen molar-refractivity contribution >= 4 is 0 Å². The lowest BCUT2D eigenvalue weighted by atomic mass is 10.00. The largest absolute Gasteiger partial charge is 0.491 e. The maximum Gasteiger partial charge on any atom is 0.123 e. The number of para-hydroxylation sites is 1. The van der Waals surface area contributed by atoms with Crippen molar-refractivity contribution in [3.8, 4) is 5.75 Å². The van der Waals surface area contributed by atoms with E-state index in [0.29, 0.717) is 13.2 Å². The Kier molecular flexibility index (Phi) is 6.60. The molecule has 1 saturated heterocycles. The summed E-state index contributed by atoms with van der Waals surface area (Å²) in [5.41, 5.74) is 3.97. The van der Waals surface area contributed by atoms with Gasteiger partial charge in [0.15, 0.2) is 0 Å². The Labute approximate surface area is 167 Å². The van der Waals surface area contributed by atoms with Gasteiger partial charge in [0.2, 0.25) is 0 Å². The summed E-state index contributed by atoms with van der Waals surface area (Å²) in [4.78, 5) is 4.70. The summed E-state index contributed by atoms with van der Waals surface area (Å²) in [5.74, 6) is 0.872. The standard InChI is InChI=1S/C23H30N2O3/c26-22(17-25-10-9-19-5-1-2-6-20(19)15-25)18-28-23-8-4-3-7-21(23)16-24-11-13-27-14-12-24/h1-8,22,26H,9-18H2. The zero-order valence-corrected chi connectivity index (χ0v) is 16.4. The number of morpholine rings is 1. The molecule has 2 aromatic rings. The Morgan fingerprint density at radius 3 is 2.54 bits per heavy atom. The summed E-state index contributed by atoms with van der Waals surface area (Å²) in [6.45, 7) is 7.20. The molecule has 1 fully saturated rings. The van der Waals surface area contributed by atoms with Crippen molar-refractivity contribution in [2.45, 2.75) is 25.6 Å². The number of aliphatic hydroxyl groups excluding tert-OH is 1. The molecule has 4 rings (SSSR count). The SMILES string of the molecule is OC(COc1ccccc1CN1CCOCC1)CN1CCc2ccccc2C1. The van der Waals surface area contributed by atoms with Gasteiger partial charge in [0, 0.05) is 44.8 Å². The van der Waals surface area contributed by atoms with Crippen LogP contribution in [0.3, 0.4) is 0 Å². The third kappa shape index (κ3) is 5.11. The van der Waals surface area contributed by atoms with Crippen LogP contribution in [-0.2, 0) is 24.2 Å². The van der Waals surface area contributed by atoms with Gasteiger partial charge in [-0.25, -0.2) is 0 Å². The number of nitrogens with zero attached hydrogens (tertiary/aromatic N) is 2. The molecule has 0 radical (unpaired) electrons. The Morgan fingerprint density at radius 1 is 0.929 bits per heavy atom. The Balaban J connectivity index is 1.28. The molecule has 2 aliphatic rings. The molecule has 0 saturated carbocycles. The van der Waals surface area contributed by atoms with Crippen LogP contribution in [0.1, 0.15) is 16.7 Å². The summed E-state index contributed by atoms with van der Waals surface area (Å²) < 4.78 is 11.4. The third-order valence-electron chi connectivity index (χ3n) is 5.58. The van der Waals surface area contributed by atoms with Crippen LogP contribution in [-0.4, -0.2) is 67.0 Å². The second-order valence-corrected chi connectivity index (χ2v) is 7.71. The minimum Gasteiger partial charge on any atom is -0.491 e. The summed E-state index contributed by atoms with van der Waals surface area (Å²) in [6.07, 6.45) is 0.549. The van der Waals surface area contributed by atoms with Gasteiger partial charge in [-0.05, 0) is 23.6 Å². The van der Waals surface area contributed by atoms with E-state index >= 15 is 0 Å². The normalized spacial score (nSPS) is 19.2. The first kappa shape index (κ1) is 19.4. The Hall–Kier alpha value is -1.92. The lowest BCUT2D eigenvalue weighted by molar-refractivity contribution is 0.0331. The molecule has 0 amide bonds. The molecule has 0 spiro atoms. The molecule has 0 aliphatic carbocycles. The molecule has 0 aromatic heterocycles. The number of aliphatic hydroxyl groups is 1. The first-order valence-electron chi connectivity index (χ1n) is 10.3. The van der Waals surface area contributed by atoms with Gasteiger partial charge in [-0.2, -0.15) is 0 Å². The van der Waals surface area contributed by atoms with Gasteiger partial charge in [0.05, 0.1) is 13.2 Å². The molecule has 1 N–H and O–H groups in total. The van der Waals surface area contributed by atoms with Crippen LogP contribution >= 0.6 is 0 Å². The molecule has 150 valence electrons. The predicted octanol–water partition coefficient (Wildman–Crippen LogP) is 2.32. The maximum atomic E-state index is 10.5. The lowest BCUT2D eigenvalue weighted by Crippen LogP contribution is -2.39. The van der Waals surface area contributed by atoms with Crippen LogP contribution in [0, 0.1) is 0 Å². The molecule has 28 heavy (non-hydrogen) atoms. The number of ether oxygens (including phenoxy) is 2. The van der Waals surface area contributed by atoms with E-state index in [1.807, 2.05) is 18.2 Å². The van der Waals surface area contributed by atoms with E-state index in [9.17, 15) is 5.11 Å². The molecule has 2 aromatic carbocycles. The molecule has 2 heterocycles. The van der Waals surface area contributed by atoms with Gasteiger partial charge in [-0.3, -0.25) is 9.80 Å². The van der Waals surface area contributed by atoms with Crippen molar-refractivity contribution in [3.05, 3.63) is 65.2 Å².